The van der Waals surface area contributed by atoms with Gasteiger partial charge in [-0.05, 0) is 38.5 Å². The van der Waals surface area contributed by atoms with Crippen molar-refractivity contribution in [1.29, 1.82) is 0 Å². The standard InChI is InChI=1S/C71H136O6/c1-4-7-10-13-16-19-22-24-26-28-29-30-31-32-33-34-35-36-37-38-39-40-41-42-44-45-47-49-52-55-58-61-64-70(73)76-67-68(66-75-69(72)63-60-57-54-51-21-18-15-12-9-6-3)77-71(74)65-62-59-56-53-50-48-46-43-27-25-23-20-17-14-11-8-5-2/h12,15,68H,4-11,13-14,16-67H2,1-3H3/b15-12-. The number of hydrogen-bond acceptors (Lipinski definition) is 6. The number of allylic oxidation sites excluding steroid dienone is 2. The molecule has 0 aromatic rings. The number of ether oxygens (including phenoxy) is 3. The van der Waals surface area contributed by atoms with Crippen LogP contribution in [0.15, 0.2) is 12.2 Å². The molecule has 77 heavy (non-hydrogen) atoms. The third kappa shape index (κ3) is 64.9. The molecule has 0 spiro atoms. The topological polar surface area (TPSA) is 78.9 Å². The van der Waals surface area contributed by atoms with Gasteiger partial charge in [-0.3, -0.25) is 14.4 Å². The number of carbonyl (C=O) groups excluding carboxylic acids is 3. The molecular formula is C71H136O6. The molecule has 0 amide bonds. The van der Waals surface area contributed by atoms with Crippen molar-refractivity contribution < 1.29 is 28.6 Å². The lowest BCUT2D eigenvalue weighted by Gasteiger charge is -2.18. The molecule has 6 heteroatoms. The molecule has 0 aromatic carbocycles. The highest BCUT2D eigenvalue weighted by Crippen LogP contribution is 2.19. The summed E-state index contributed by atoms with van der Waals surface area (Å²) in [6.07, 6.45) is 79.9. The highest BCUT2D eigenvalue weighted by Gasteiger charge is 2.19. The summed E-state index contributed by atoms with van der Waals surface area (Å²) in [4.78, 5) is 38.2. The second-order valence-electron chi connectivity index (χ2n) is 24.2. The first kappa shape index (κ1) is 75.2. The molecular weight excluding hydrogens is 949 g/mol. The van der Waals surface area contributed by atoms with Gasteiger partial charge in [-0.1, -0.05) is 360 Å². The van der Waals surface area contributed by atoms with Crippen molar-refractivity contribution in [1.82, 2.24) is 0 Å². The maximum atomic E-state index is 12.9. The van der Waals surface area contributed by atoms with Crippen molar-refractivity contribution in [3.63, 3.8) is 0 Å². The van der Waals surface area contributed by atoms with Gasteiger partial charge in [-0.2, -0.15) is 0 Å². The fourth-order valence-corrected chi connectivity index (χ4v) is 11.0. The van der Waals surface area contributed by atoms with Crippen molar-refractivity contribution in [3.8, 4) is 0 Å². The minimum Gasteiger partial charge on any atom is -0.462 e. The summed E-state index contributed by atoms with van der Waals surface area (Å²) in [5.41, 5.74) is 0. The van der Waals surface area contributed by atoms with Crippen LogP contribution in [0.25, 0.3) is 0 Å². The second-order valence-corrected chi connectivity index (χ2v) is 24.2. The molecule has 0 aliphatic heterocycles. The predicted molar refractivity (Wildman–Crippen MR) is 335 cm³/mol. The van der Waals surface area contributed by atoms with Crippen LogP contribution in [0.1, 0.15) is 406 Å². The predicted octanol–water partition coefficient (Wildman–Crippen LogP) is 24.0. The van der Waals surface area contributed by atoms with Crippen molar-refractivity contribution in [3.05, 3.63) is 12.2 Å². The van der Waals surface area contributed by atoms with Crippen molar-refractivity contribution in [2.24, 2.45) is 0 Å². The van der Waals surface area contributed by atoms with Crippen molar-refractivity contribution >= 4 is 17.9 Å². The summed E-state index contributed by atoms with van der Waals surface area (Å²) in [7, 11) is 0. The zero-order valence-electron chi connectivity index (χ0n) is 52.5. The van der Waals surface area contributed by atoms with E-state index in [1.165, 1.54) is 295 Å². The van der Waals surface area contributed by atoms with Gasteiger partial charge in [0, 0.05) is 19.3 Å². The Labute approximate surface area is 481 Å². The van der Waals surface area contributed by atoms with Crippen molar-refractivity contribution in [2.75, 3.05) is 13.2 Å². The van der Waals surface area contributed by atoms with Crippen LogP contribution >= 0.6 is 0 Å². The average molecular weight is 1090 g/mol. The van der Waals surface area contributed by atoms with E-state index < -0.39 is 6.10 Å². The quantitative estimate of drug-likeness (QED) is 0.0261. The number of rotatable bonds is 66. The molecule has 0 heterocycles. The van der Waals surface area contributed by atoms with E-state index in [9.17, 15) is 14.4 Å². The Balaban J connectivity index is 4.02. The Kier molecular flexibility index (Phi) is 65.1. The van der Waals surface area contributed by atoms with Gasteiger partial charge >= 0.3 is 17.9 Å². The van der Waals surface area contributed by atoms with Crippen molar-refractivity contribution in [2.45, 2.75) is 412 Å². The zero-order chi connectivity index (χ0) is 55.7. The fourth-order valence-electron chi connectivity index (χ4n) is 11.0. The van der Waals surface area contributed by atoms with E-state index in [0.29, 0.717) is 19.3 Å². The molecule has 1 atom stereocenters. The number of carbonyl (C=O) groups is 3. The summed E-state index contributed by atoms with van der Waals surface area (Å²) < 4.78 is 16.9. The van der Waals surface area contributed by atoms with E-state index >= 15 is 0 Å². The molecule has 6 nitrogen and oxygen atoms in total. The summed E-state index contributed by atoms with van der Waals surface area (Å²) in [5.74, 6) is -0.847. The maximum absolute atomic E-state index is 12.9. The molecule has 0 saturated heterocycles. The van der Waals surface area contributed by atoms with Crippen LogP contribution in [0.3, 0.4) is 0 Å². The van der Waals surface area contributed by atoms with E-state index in [1.54, 1.807) is 0 Å². The summed E-state index contributed by atoms with van der Waals surface area (Å²) in [6.45, 7) is 6.65. The van der Waals surface area contributed by atoms with E-state index in [2.05, 4.69) is 32.9 Å². The average Bonchev–Trinajstić information content (AvgIpc) is 3.43. The normalized spacial score (nSPS) is 12.0. The Morgan fingerprint density at radius 2 is 0.455 bits per heavy atom. The van der Waals surface area contributed by atoms with Crippen LogP contribution < -0.4 is 0 Å². The van der Waals surface area contributed by atoms with Gasteiger partial charge in [-0.25, -0.2) is 0 Å². The molecule has 0 radical (unpaired) electrons. The SMILES string of the molecule is CCC/C=C\CCCCCCCC(=O)OCC(COC(=O)CCCCCCCCCCCCCCCCCCCCCCCCCCCCCCCCCC)OC(=O)CCCCCCCCCCCCCCCCCCC. The number of hydrogen-bond donors (Lipinski definition) is 0. The molecule has 0 aliphatic rings. The van der Waals surface area contributed by atoms with Crippen LogP contribution in [0.4, 0.5) is 0 Å². The first-order valence-electron chi connectivity index (χ1n) is 35.2. The molecule has 0 aromatic heterocycles. The summed E-state index contributed by atoms with van der Waals surface area (Å²) >= 11 is 0. The van der Waals surface area contributed by atoms with Gasteiger partial charge in [0.2, 0.25) is 0 Å². The summed E-state index contributed by atoms with van der Waals surface area (Å²) in [5, 5.41) is 0. The Morgan fingerprint density at radius 3 is 0.701 bits per heavy atom. The van der Waals surface area contributed by atoms with Crippen LogP contribution in [0.2, 0.25) is 0 Å². The van der Waals surface area contributed by atoms with Crippen LogP contribution in [-0.2, 0) is 28.6 Å². The van der Waals surface area contributed by atoms with Crippen LogP contribution in [-0.4, -0.2) is 37.2 Å². The van der Waals surface area contributed by atoms with E-state index in [-0.39, 0.29) is 31.1 Å². The van der Waals surface area contributed by atoms with Gasteiger partial charge < -0.3 is 14.2 Å². The van der Waals surface area contributed by atoms with E-state index in [1.807, 2.05) is 0 Å². The molecule has 0 fully saturated rings. The molecule has 0 bridgehead atoms. The Bertz CT molecular complexity index is 1200. The molecule has 456 valence electrons. The molecule has 1 unspecified atom stereocenters. The monoisotopic (exact) mass is 1090 g/mol. The molecule has 0 saturated carbocycles. The molecule has 0 aliphatic carbocycles. The van der Waals surface area contributed by atoms with E-state index in [0.717, 1.165) is 70.6 Å². The van der Waals surface area contributed by atoms with Gasteiger partial charge in [0.25, 0.3) is 0 Å². The first-order chi connectivity index (χ1) is 38.0. The lowest BCUT2D eigenvalue weighted by atomic mass is 10.0. The van der Waals surface area contributed by atoms with E-state index in [4.69, 9.17) is 14.2 Å². The minimum absolute atomic E-state index is 0.0662. The highest BCUT2D eigenvalue weighted by atomic mass is 16.6. The third-order valence-electron chi connectivity index (χ3n) is 16.3. The number of unbranched alkanes of at least 4 members (excludes halogenated alkanes) is 53. The summed E-state index contributed by atoms with van der Waals surface area (Å²) in [6, 6.07) is 0. The zero-order valence-corrected chi connectivity index (χ0v) is 52.5. The maximum Gasteiger partial charge on any atom is 0.306 e. The van der Waals surface area contributed by atoms with Gasteiger partial charge in [0.15, 0.2) is 6.10 Å². The van der Waals surface area contributed by atoms with Crippen LogP contribution in [0.5, 0.6) is 0 Å². The Morgan fingerprint density at radius 1 is 0.247 bits per heavy atom. The van der Waals surface area contributed by atoms with Crippen LogP contribution in [0, 0.1) is 0 Å². The van der Waals surface area contributed by atoms with Gasteiger partial charge in [0.05, 0.1) is 0 Å². The lowest BCUT2D eigenvalue weighted by molar-refractivity contribution is -0.167. The van der Waals surface area contributed by atoms with Gasteiger partial charge in [-0.15, -0.1) is 0 Å². The molecule has 0 rings (SSSR count). The number of esters is 3. The largest absolute Gasteiger partial charge is 0.462 e. The minimum atomic E-state index is -0.768. The van der Waals surface area contributed by atoms with Gasteiger partial charge in [0.1, 0.15) is 13.2 Å². The highest BCUT2D eigenvalue weighted by molar-refractivity contribution is 5.71. The third-order valence-corrected chi connectivity index (χ3v) is 16.3. The molecule has 0 N–H and O–H groups in total. The smallest absolute Gasteiger partial charge is 0.306 e. The first-order valence-corrected chi connectivity index (χ1v) is 35.2. The lowest BCUT2D eigenvalue weighted by Crippen LogP contribution is -2.30. The second kappa shape index (κ2) is 66.7. The fraction of sp³-hybridized carbons (Fsp3) is 0.930. The Hall–Kier alpha value is -1.85.